The van der Waals surface area contributed by atoms with Gasteiger partial charge in [-0.2, -0.15) is 0 Å². The van der Waals surface area contributed by atoms with Crippen LogP contribution in [0.25, 0.3) is 0 Å². The summed E-state index contributed by atoms with van der Waals surface area (Å²) in [6.45, 7) is 11.3. The van der Waals surface area contributed by atoms with Crippen molar-refractivity contribution in [1.29, 1.82) is 0 Å². The first-order chi connectivity index (χ1) is 8.02. The fraction of sp³-hybridized carbons (Fsp3) is 0.833. The van der Waals surface area contributed by atoms with Gasteiger partial charge in [0.15, 0.2) is 0 Å². The predicted molar refractivity (Wildman–Crippen MR) is 69.0 cm³/mol. The highest BCUT2D eigenvalue weighted by atomic mass is 16.4. The van der Waals surface area contributed by atoms with Gasteiger partial charge in [0.05, 0.1) is 6.54 Å². The number of anilines is 1. The zero-order valence-corrected chi connectivity index (χ0v) is 11.5. The normalized spacial score (nSPS) is 11.5. The molecule has 0 aliphatic rings. The number of aromatic nitrogens is 2. The van der Waals surface area contributed by atoms with E-state index in [-0.39, 0.29) is 0 Å². The van der Waals surface area contributed by atoms with Crippen LogP contribution in [0.3, 0.4) is 0 Å². The molecular formula is C12H24N4O. The largest absolute Gasteiger partial charge is 0.407 e. The van der Waals surface area contributed by atoms with E-state index in [2.05, 4.69) is 48.1 Å². The average molecular weight is 240 g/mol. The molecule has 5 heteroatoms. The summed E-state index contributed by atoms with van der Waals surface area (Å²) in [4.78, 5) is 2.17. The maximum absolute atomic E-state index is 5.63. The Hall–Kier alpha value is -1.10. The van der Waals surface area contributed by atoms with E-state index in [9.17, 15) is 0 Å². The van der Waals surface area contributed by atoms with E-state index in [1.54, 1.807) is 0 Å². The molecular weight excluding hydrogens is 216 g/mol. The van der Waals surface area contributed by atoms with Crippen LogP contribution < -0.4 is 10.2 Å². The fourth-order valence-electron chi connectivity index (χ4n) is 1.71. The minimum Gasteiger partial charge on any atom is -0.407 e. The summed E-state index contributed by atoms with van der Waals surface area (Å²) < 4.78 is 5.63. The fourth-order valence-corrected chi connectivity index (χ4v) is 1.71. The Labute approximate surface area is 104 Å². The lowest BCUT2D eigenvalue weighted by Gasteiger charge is -2.23. The van der Waals surface area contributed by atoms with Crippen molar-refractivity contribution in [1.82, 2.24) is 15.5 Å². The molecule has 1 rings (SSSR count). The maximum atomic E-state index is 5.63. The summed E-state index contributed by atoms with van der Waals surface area (Å²) >= 11 is 0. The van der Waals surface area contributed by atoms with Gasteiger partial charge < -0.3 is 14.6 Å². The van der Waals surface area contributed by atoms with Crippen molar-refractivity contribution in [2.45, 2.75) is 34.2 Å². The van der Waals surface area contributed by atoms with Gasteiger partial charge in [0, 0.05) is 13.1 Å². The van der Waals surface area contributed by atoms with Gasteiger partial charge in [-0.1, -0.05) is 32.8 Å². The maximum Gasteiger partial charge on any atom is 0.318 e. The predicted octanol–water partition coefficient (Wildman–Crippen LogP) is 1.91. The van der Waals surface area contributed by atoms with E-state index >= 15 is 0 Å². The molecule has 0 unspecified atom stereocenters. The van der Waals surface area contributed by atoms with Crippen LogP contribution in [0.4, 0.5) is 6.01 Å². The molecule has 0 aliphatic carbocycles. The zero-order valence-electron chi connectivity index (χ0n) is 11.5. The third-order valence-corrected chi connectivity index (χ3v) is 2.23. The van der Waals surface area contributed by atoms with Crippen molar-refractivity contribution >= 4 is 6.01 Å². The van der Waals surface area contributed by atoms with Crippen molar-refractivity contribution in [2.24, 2.45) is 11.8 Å². The van der Waals surface area contributed by atoms with E-state index in [0.717, 1.165) is 13.1 Å². The van der Waals surface area contributed by atoms with Gasteiger partial charge in [-0.3, -0.25) is 0 Å². The van der Waals surface area contributed by atoms with Crippen LogP contribution in [0.15, 0.2) is 4.42 Å². The summed E-state index contributed by atoms with van der Waals surface area (Å²) in [7, 11) is 1.86. The summed E-state index contributed by atoms with van der Waals surface area (Å²) in [6.07, 6.45) is 0. The van der Waals surface area contributed by atoms with E-state index < -0.39 is 0 Å². The van der Waals surface area contributed by atoms with E-state index in [4.69, 9.17) is 4.42 Å². The zero-order chi connectivity index (χ0) is 12.8. The molecule has 98 valence electrons. The third kappa shape index (κ3) is 4.73. The second kappa shape index (κ2) is 6.59. The second-order valence-electron chi connectivity index (χ2n) is 5.20. The van der Waals surface area contributed by atoms with Gasteiger partial charge in [0.25, 0.3) is 0 Å². The molecule has 0 saturated heterocycles. The minimum absolute atomic E-state index is 0.577. The Morgan fingerprint density at radius 2 is 1.71 bits per heavy atom. The first-order valence-electron chi connectivity index (χ1n) is 6.24. The van der Waals surface area contributed by atoms with Crippen molar-refractivity contribution in [2.75, 3.05) is 25.0 Å². The molecule has 1 heterocycles. The van der Waals surface area contributed by atoms with Crippen molar-refractivity contribution in [3.05, 3.63) is 5.89 Å². The Balaban J connectivity index is 2.72. The molecule has 1 N–H and O–H groups in total. The second-order valence-corrected chi connectivity index (χ2v) is 5.20. The van der Waals surface area contributed by atoms with Gasteiger partial charge in [-0.25, -0.2) is 0 Å². The molecule has 0 radical (unpaired) electrons. The third-order valence-electron chi connectivity index (χ3n) is 2.23. The first-order valence-corrected chi connectivity index (χ1v) is 6.24. The monoisotopic (exact) mass is 240 g/mol. The lowest BCUT2D eigenvalue weighted by molar-refractivity contribution is 0.447. The number of hydrogen-bond donors (Lipinski definition) is 1. The highest BCUT2D eigenvalue weighted by Gasteiger charge is 2.16. The summed E-state index contributed by atoms with van der Waals surface area (Å²) in [5, 5.41) is 11.1. The van der Waals surface area contributed by atoms with Crippen LogP contribution in [0.1, 0.15) is 33.6 Å². The molecule has 0 spiro atoms. The molecule has 17 heavy (non-hydrogen) atoms. The standard InChI is InChI=1S/C12H24N4O/c1-9(2)7-16(8-10(3)4)12-15-14-11(17-12)6-13-5/h9-10,13H,6-8H2,1-5H3. The van der Waals surface area contributed by atoms with Gasteiger partial charge in [0.2, 0.25) is 5.89 Å². The smallest absolute Gasteiger partial charge is 0.318 e. The molecule has 0 amide bonds. The van der Waals surface area contributed by atoms with Gasteiger partial charge >= 0.3 is 6.01 Å². The van der Waals surface area contributed by atoms with Crippen molar-refractivity contribution in [3.8, 4) is 0 Å². The van der Waals surface area contributed by atoms with Crippen LogP contribution >= 0.6 is 0 Å². The van der Waals surface area contributed by atoms with Crippen LogP contribution in [-0.4, -0.2) is 30.3 Å². The Morgan fingerprint density at radius 1 is 1.12 bits per heavy atom. The Kier molecular flexibility index (Phi) is 5.41. The van der Waals surface area contributed by atoms with Gasteiger partial charge in [0.1, 0.15) is 0 Å². The number of hydrogen-bond acceptors (Lipinski definition) is 5. The van der Waals surface area contributed by atoms with Gasteiger partial charge in [-0.05, 0) is 18.9 Å². The van der Waals surface area contributed by atoms with E-state index in [1.165, 1.54) is 0 Å². The van der Waals surface area contributed by atoms with Crippen LogP contribution in [0, 0.1) is 11.8 Å². The number of rotatable bonds is 7. The topological polar surface area (TPSA) is 54.2 Å². The molecule has 0 aliphatic heterocycles. The average Bonchev–Trinajstić information content (AvgIpc) is 2.64. The van der Waals surface area contributed by atoms with Crippen LogP contribution in [0.5, 0.6) is 0 Å². The molecule has 0 aromatic carbocycles. The molecule has 1 aromatic heterocycles. The van der Waals surface area contributed by atoms with Gasteiger partial charge in [-0.15, -0.1) is 5.10 Å². The number of nitrogens with zero attached hydrogens (tertiary/aromatic N) is 3. The summed E-state index contributed by atoms with van der Waals surface area (Å²) in [5.41, 5.74) is 0. The summed E-state index contributed by atoms with van der Waals surface area (Å²) in [5.74, 6) is 1.79. The highest BCUT2D eigenvalue weighted by molar-refractivity contribution is 5.24. The summed E-state index contributed by atoms with van der Waals surface area (Å²) in [6, 6.07) is 0.637. The SMILES string of the molecule is CNCc1nnc(N(CC(C)C)CC(C)C)o1. The highest BCUT2D eigenvalue weighted by Crippen LogP contribution is 2.15. The minimum atomic E-state index is 0.577. The number of nitrogens with one attached hydrogen (secondary N) is 1. The Morgan fingerprint density at radius 3 is 2.18 bits per heavy atom. The van der Waals surface area contributed by atoms with E-state index in [1.807, 2.05) is 7.05 Å². The lowest BCUT2D eigenvalue weighted by atomic mass is 10.1. The first kappa shape index (κ1) is 14.0. The molecule has 0 atom stereocenters. The van der Waals surface area contributed by atoms with Crippen LogP contribution in [-0.2, 0) is 6.54 Å². The lowest BCUT2D eigenvalue weighted by Crippen LogP contribution is -2.31. The Bertz CT molecular complexity index is 312. The van der Waals surface area contributed by atoms with E-state index in [0.29, 0.717) is 30.3 Å². The van der Waals surface area contributed by atoms with Crippen LogP contribution in [0.2, 0.25) is 0 Å². The molecule has 0 fully saturated rings. The molecule has 0 bridgehead atoms. The van der Waals surface area contributed by atoms with Crippen molar-refractivity contribution in [3.63, 3.8) is 0 Å². The molecule has 0 saturated carbocycles. The molecule has 1 aromatic rings. The van der Waals surface area contributed by atoms with Crippen molar-refractivity contribution < 1.29 is 4.42 Å². The quantitative estimate of drug-likeness (QED) is 0.789. The molecule has 5 nitrogen and oxygen atoms in total.